The molecule has 1 rings (SSSR count). The number of allylic oxidation sites excluding steroid dienone is 4. The maximum Gasteiger partial charge on any atom is 0.0319 e. The van der Waals surface area contributed by atoms with Crippen LogP contribution in [0.15, 0.2) is 16.7 Å². The van der Waals surface area contributed by atoms with Gasteiger partial charge in [-0.1, -0.05) is 33.1 Å². The van der Waals surface area contributed by atoms with Gasteiger partial charge in [-0.05, 0) is 0 Å². The summed E-state index contributed by atoms with van der Waals surface area (Å²) in [6.07, 6.45) is 3.44. The Morgan fingerprint density at radius 1 is 0.824 bits per heavy atom. The number of hydrogen-bond acceptors (Lipinski definition) is 3. The van der Waals surface area contributed by atoms with E-state index in [0.717, 1.165) is 21.3 Å². The van der Waals surface area contributed by atoms with E-state index in [1.54, 1.807) is 0 Å². The van der Waals surface area contributed by atoms with E-state index in [4.69, 9.17) is 15.3 Å². The van der Waals surface area contributed by atoms with Gasteiger partial charge in [-0.25, -0.2) is 5.57 Å². The van der Waals surface area contributed by atoms with Crippen molar-refractivity contribution >= 4 is 0 Å². The van der Waals surface area contributed by atoms with Gasteiger partial charge in [0.1, 0.15) is 0 Å². The van der Waals surface area contributed by atoms with Crippen LogP contribution in [-0.4, -0.2) is 36.6 Å². The quantitative estimate of drug-likeness (QED) is 0.469. The Labute approximate surface area is 121 Å². The molecule has 0 bridgehead atoms. The molecule has 102 valence electrons. The van der Waals surface area contributed by atoms with Gasteiger partial charge in [0.15, 0.2) is 0 Å². The van der Waals surface area contributed by atoms with Gasteiger partial charge in [-0.2, -0.15) is 11.1 Å². The van der Waals surface area contributed by atoms with Gasteiger partial charge in [0.05, 0.1) is 0 Å². The zero-order chi connectivity index (χ0) is 13.9. The second kappa shape index (κ2) is 14.1. The maximum absolute atomic E-state index is 7.00. The van der Waals surface area contributed by atoms with E-state index >= 15 is 0 Å². The minimum absolute atomic E-state index is 0. The first-order valence-electron chi connectivity index (χ1n) is 5.09. The van der Waals surface area contributed by atoms with Gasteiger partial charge < -0.3 is 15.3 Å². The minimum atomic E-state index is 0. The van der Waals surface area contributed by atoms with Gasteiger partial charge in [-0.3, -0.25) is 6.08 Å². The molecule has 0 aliphatic heterocycles. The van der Waals surface area contributed by atoms with Crippen LogP contribution >= 0.6 is 0 Å². The molecule has 0 fully saturated rings. The standard InChI is InChI=1S/C10H15.3CH4O.Ti/c1-7-6-10(4,5)9(3)8(7)2;3*1-2;/h1-5H3;3*2H,1H3;/q-1;;;;. The van der Waals surface area contributed by atoms with E-state index in [-0.39, 0.29) is 27.1 Å². The van der Waals surface area contributed by atoms with Crippen LogP contribution in [0.2, 0.25) is 0 Å². The molecule has 0 aromatic carbocycles. The molecule has 3 nitrogen and oxygen atoms in total. The predicted octanol–water partition coefficient (Wildman–Crippen LogP) is 1.94. The molecule has 0 saturated carbocycles. The first-order chi connectivity index (χ1) is 7.45. The molecule has 0 aromatic rings. The molecule has 0 atom stereocenters. The third kappa shape index (κ3) is 8.75. The summed E-state index contributed by atoms with van der Waals surface area (Å²) in [6, 6.07) is 0. The van der Waals surface area contributed by atoms with Crippen LogP contribution in [0, 0.1) is 11.5 Å². The van der Waals surface area contributed by atoms with Crippen molar-refractivity contribution in [3.05, 3.63) is 22.8 Å². The summed E-state index contributed by atoms with van der Waals surface area (Å²) in [5, 5.41) is 21.0. The van der Waals surface area contributed by atoms with E-state index in [1.807, 2.05) is 0 Å². The Balaban J connectivity index is -0.000000106. The summed E-state index contributed by atoms with van der Waals surface area (Å²) in [5.74, 6) is 0. The van der Waals surface area contributed by atoms with Crippen LogP contribution in [0.1, 0.15) is 34.6 Å². The number of rotatable bonds is 0. The Hall–Kier alpha value is 0.0743. The van der Waals surface area contributed by atoms with Crippen LogP contribution in [-0.2, 0) is 21.7 Å². The number of hydrogen-bond donors (Lipinski definition) is 3. The second-order valence-corrected chi connectivity index (χ2v) is 3.62. The molecule has 3 N–H and O–H groups in total. The zero-order valence-corrected chi connectivity index (χ0v) is 13.9. The molecular formula is C13H27O3Ti-. The van der Waals surface area contributed by atoms with Crippen molar-refractivity contribution < 1.29 is 37.0 Å². The topological polar surface area (TPSA) is 60.7 Å². The normalized spacial score (nSPS) is 14.9. The zero-order valence-electron chi connectivity index (χ0n) is 12.3. The van der Waals surface area contributed by atoms with Crippen molar-refractivity contribution in [2.45, 2.75) is 34.6 Å². The molecule has 0 heterocycles. The molecule has 4 heteroatoms. The minimum Gasteiger partial charge on any atom is -0.400 e. The largest absolute Gasteiger partial charge is 0.400 e. The van der Waals surface area contributed by atoms with Crippen molar-refractivity contribution in [2.75, 3.05) is 21.3 Å². The fourth-order valence-corrected chi connectivity index (χ4v) is 1.41. The van der Waals surface area contributed by atoms with Crippen molar-refractivity contribution in [1.29, 1.82) is 0 Å². The van der Waals surface area contributed by atoms with E-state index in [1.165, 1.54) is 16.7 Å². The van der Waals surface area contributed by atoms with E-state index in [2.05, 4.69) is 40.7 Å². The molecule has 1 aliphatic rings. The van der Waals surface area contributed by atoms with E-state index < -0.39 is 0 Å². The first-order valence-corrected chi connectivity index (χ1v) is 5.09. The monoisotopic (exact) mass is 279 g/mol. The molecule has 17 heavy (non-hydrogen) atoms. The Bertz CT molecular complexity index is 231. The van der Waals surface area contributed by atoms with Gasteiger partial charge in [0.2, 0.25) is 0 Å². The Morgan fingerprint density at radius 3 is 1.18 bits per heavy atom. The first kappa shape index (κ1) is 25.8. The van der Waals surface area contributed by atoms with Gasteiger partial charge >= 0.3 is 0 Å². The summed E-state index contributed by atoms with van der Waals surface area (Å²) in [5.41, 5.74) is 4.39. The smallest absolute Gasteiger partial charge is 0.0319 e. The third-order valence-corrected chi connectivity index (χ3v) is 2.56. The van der Waals surface area contributed by atoms with Gasteiger partial charge in [0, 0.05) is 43.0 Å². The molecule has 1 aliphatic carbocycles. The van der Waals surface area contributed by atoms with Crippen molar-refractivity contribution in [3.8, 4) is 0 Å². The van der Waals surface area contributed by atoms with E-state index in [9.17, 15) is 0 Å². The van der Waals surface area contributed by atoms with Crippen molar-refractivity contribution in [3.63, 3.8) is 0 Å². The summed E-state index contributed by atoms with van der Waals surface area (Å²) in [7, 11) is 3.00. The average molecular weight is 279 g/mol. The Kier molecular flexibility index (Phi) is 21.5. The van der Waals surface area contributed by atoms with Gasteiger partial charge in [0.25, 0.3) is 0 Å². The molecule has 0 aromatic heterocycles. The maximum atomic E-state index is 7.00. The number of aliphatic hydroxyl groups is 3. The average Bonchev–Trinajstić information content (AvgIpc) is 2.50. The molecule has 0 amide bonds. The van der Waals surface area contributed by atoms with Crippen LogP contribution in [0.4, 0.5) is 0 Å². The third-order valence-electron chi connectivity index (χ3n) is 2.56. The molecule has 0 saturated heterocycles. The second-order valence-electron chi connectivity index (χ2n) is 3.62. The summed E-state index contributed by atoms with van der Waals surface area (Å²) >= 11 is 0. The number of aliphatic hydroxyl groups excluding tert-OH is 3. The van der Waals surface area contributed by atoms with Crippen LogP contribution < -0.4 is 0 Å². The SMILES string of the molecule is CC1=[C-]C(C)(C)C(C)=C1C.CO.CO.CO.[Ti]. The van der Waals surface area contributed by atoms with Crippen LogP contribution in [0.5, 0.6) is 0 Å². The summed E-state index contributed by atoms with van der Waals surface area (Å²) in [6.45, 7) is 10.9. The van der Waals surface area contributed by atoms with Crippen molar-refractivity contribution in [1.82, 2.24) is 0 Å². The van der Waals surface area contributed by atoms with Crippen molar-refractivity contribution in [2.24, 2.45) is 5.41 Å². The van der Waals surface area contributed by atoms with E-state index in [0.29, 0.717) is 0 Å². The fraction of sp³-hybridized carbons (Fsp3) is 0.692. The molecular weight excluding hydrogens is 252 g/mol. The van der Waals surface area contributed by atoms with Gasteiger partial charge in [-0.15, -0.1) is 6.92 Å². The Morgan fingerprint density at radius 2 is 1.12 bits per heavy atom. The fourth-order valence-electron chi connectivity index (χ4n) is 1.41. The molecule has 0 unspecified atom stereocenters. The molecule has 0 spiro atoms. The van der Waals surface area contributed by atoms with Crippen LogP contribution in [0.25, 0.3) is 0 Å². The summed E-state index contributed by atoms with van der Waals surface area (Å²) in [4.78, 5) is 0. The van der Waals surface area contributed by atoms with Crippen LogP contribution in [0.3, 0.4) is 0 Å². The summed E-state index contributed by atoms with van der Waals surface area (Å²) < 4.78 is 0. The predicted molar refractivity (Wildman–Crippen MR) is 69.0 cm³/mol. The molecule has 0 radical (unpaired) electrons.